The largest absolute Gasteiger partial charge is 0.435 e. The van der Waals surface area contributed by atoms with Crippen LogP contribution in [0.25, 0.3) is 0 Å². The van der Waals surface area contributed by atoms with Gasteiger partial charge in [0.25, 0.3) is 0 Å². The number of ether oxygens (including phenoxy) is 1. The van der Waals surface area contributed by atoms with Gasteiger partial charge < -0.3 is 15.4 Å². The minimum Gasteiger partial charge on any atom is -0.435 e. The Hall–Kier alpha value is -2.18. The summed E-state index contributed by atoms with van der Waals surface area (Å²) in [6, 6.07) is 6.16. The van der Waals surface area contributed by atoms with Crippen molar-refractivity contribution in [3.8, 4) is 5.75 Å². The van der Waals surface area contributed by atoms with Crippen LogP contribution in [-0.4, -0.2) is 30.0 Å². The van der Waals surface area contributed by atoms with Crippen molar-refractivity contribution in [3.63, 3.8) is 0 Å². The molecule has 7 heteroatoms. The van der Waals surface area contributed by atoms with Gasteiger partial charge in [0.1, 0.15) is 5.75 Å². The van der Waals surface area contributed by atoms with Crippen molar-refractivity contribution >= 4 is 11.8 Å². The second-order valence-electron chi connectivity index (χ2n) is 6.38. The fourth-order valence-electron chi connectivity index (χ4n) is 3.50. The molecule has 0 aromatic heterocycles. The molecule has 130 valence electrons. The Morgan fingerprint density at radius 1 is 1.38 bits per heavy atom. The number of carbonyl (C=O) groups is 2. The maximum absolute atomic E-state index is 12.4. The highest BCUT2D eigenvalue weighted by Gasteiger charge is 2.48. The molecule has 1 aliphatic carbocycles. The van der Waals surface area contributed by atoms with E-state index in [0.717, 1.165) is 19.3 Å². The lowest BCUT2D eigenvalue weighted by molar-refractivity contribution is -0.131. The van der Waals surface area contributed by atoms with Crippen LogP contribution in [0.5, 0.6) is 5.75 Å². The molecule has 1 spiro atoms. The molecule has 1 aromatic carbocycles. The minimum absolute atomic E-state index is 0.0120. The molecule has 1 heterocycles. The maximum Gasteiger partial charge on any atom is 0.387 e. The number of hydrogen-bond donors (Lipinski definition) is 2. The van der Waals surface area contributed by atoms with Crippen LogP contribution in [-0.2, 0) is 16.0 Å². The number of halogens is 2. The summed E-state index contributed by atoms with van der Waals surface area (Å²) in [5.41, 5.74) is 0.0853. The Bertz CT molecular complexity index is 632. The fourth-order valence-corrected chi connectivity index (χ4v) is 3.50. The second kappa shape index (κ2) is 6.75. The topological polar surface area (TPSA) is 67.4 Å². The van der Waals surface area contributed by atoms with Crippen LogP contribution in [0.1, 0.15) is 37.7 Å². The summed E-state index contributed by atoms with van der Waals surface area (Å²) in [5.74, 6) is -0.221. The smallest absolute Gasteiger partial charge is 0.387 e. The van der Waals surface area contributed by atoms with E-state index in [1.54, 1.807) is 18.2 Å². The normalized spacial score (nSPS) is 22.0. The monoisotopic (exact) mass is 338 g/mol. The molecule has 5 nitrogen and oxygen atoms in total. The lowest BCUT2D eigenvalue weighted by atomic mass is 9.68. The van der Waals surface area contributed by atoms with Gasteiger partial charge in [-0.15, -0.1) is 0 Å². The van der Waals surface area contributed by atoms with Crippen LogP contribution in [0.15, 0.2) is 24.3 Å². The summed E-state index contributed by atoms with van der Waals surface area (Å²) >= 11 is 0. The van der Waals surface area contributed by atoms with E-state index in [9.17, 15) is 18.4 Å². The van der Waals surface area contributed by atoms with Gasteiger partial charge in [-0.05, 0) is 31.7 Å². The van der Waals surface area contributed by atoms with E-state index in [1.165, 1.54) is 6.07 Å². The number of hydrogen-bond acceptors (Lipinski definition) is 3. The molecule has 0 bridgehead atoms. The molecule has 24 heavy (non-hydrogen) atoms. The number of rotatable bonds is 5. The summed E-state index contributed by atoms with van der Waals surface area (Å²) in [6.07, 6.45) is 3.69. The molecule has 1 saturated heterocycles. The third kappa shape index (κ3) is 3.49. The predicted molar refractivity (Wildman–Crippen MR) is 82.7 cm³/mol. The molecule has 2 fully saturated rings. The number of piperidine rings is 1. The predicted octanol–water partition coefficient (Wildman–Crippen LogP) is 2.15. The van der Waals surface area contributed by atoms with E-state index in [4.69, 9.17) is 0 Å². The first-order valence-electron chi connectivity index (χ1n) is 8.12. The van der Waals surface area contributed by atoms with Gasteiger partial charge in [0, 0.05) is 12.0 Å². The molecule has 2 N–H and O–H groups in total. The van der Waals surface area contributed by atoms with Crippen LogP contribution in [0.2, 0.25) is 0 Å². The van der Waals surface area contributed by atoms with Crippen molar-refractivity contribution in [2.45, 2.75) is 56.7 Å². The van der Waals surface area contributed by atoms with Crippen molar-refractivity contribution < 1.29 is 23.1 Å². The molecule has 1 aliphatic heterocycles. The number of para-hydroxylation sites is 1. The molecular weight excluding hydrogens is 318 g/mol. The Labute approximate surface area is 138 Å². The lowest BCUT2D eigenvalue weighted by Gasteiger charge is -2.51. The zero-order chi connectivity index (χ0) is 17.2. The van der Waals surface area contributed by atoms with Crippen LogP contribution in [0.3, 0.4) is 0 Å². The van der Waals surface area contributed by atoms with Gasteiger partial charge in [-0.1, -0.05) is 18.2 Å². The van der Waals surface area contributed by atoms with Gasteiger partial charge in [0.05, 0.1) is 18.0 Å². The molecular formula is C17H20F2N2O3. The molecule has 3 rings (SSSR count). The summed E-state index contributed by atoms with van der Waals surface area (Å²) in [5, 5.41) is 5.97. The second-order valence-corrected chi connectivity index (χ2v) is 6.38. The van der Waals surface area contributed by atoms with Gasteiger partial charge in [-0.3, -0.25) is 9.59 Å². The van der Waals surface area contributed by atoms with Gasteiger partial charge >= 0.3 is 6.61 Å². The average molecular weight is 338 g/mol. The number of carbonyl (C=O) groups excluding carboxylic acids is 2. The van der Waals surface area contributed by atoms with E-state index in [-0.39, 0.29) is 35.6 Å². The number of alkyl halides is 2. The highest BCUT2D eigenvalue weighted by molar-refractivity contribution is 5.82. The van der Waals surface area contributed by atoms with Crippen molar-refractivity contribution in [1.29, 1.82) is 0 Å². The molecule has 2 amide bonds. The van der Waals surface area contributed by atoms with Gasteiger partial charge in [-0.2, -0.15) is 8.78 Å². The highest BCUT2D eigenvalue weighted by atomic mass is 19.3. The summed E-state index contributed by atoms with van der Waals surface area (Å²) in [6.45, 7) is -2.93. The summed E-state index contributed by atoms with van der Waals surface area (Å²) in [7, 11) is 0. The first-order chi connectivity index (χ1) is 11.5. The average Bonchev–Trinajstić information content (AvgIpc) is 2.49. The van der Waals surface area contributed by atoms with E-state index in [2.05, 4.69) is 15.4 Å². The Balaban J connectivity index is 1.65. The number of nitrogens with one attached hydrogen (secondary N) is 2. The van der Waals surface area contributed by atoms with Crippen molar-refractivity contribution in [1.82, 2.24) is 10.6 Å². The number of benzene rings is 1. The third-order valence-electron chi connectivity index (χ3n) is 4.84. The highest BCUT2D eigenvalue weighted by Crippen LogP contribution is 2.38. The lowest BCUT2D eigenvalue weighted by Crippen LogP contribution is -2.68. The first-order valence-corrected chi connectivity index (χ1v) is 8.12. The van der Waals surface area contributed by atoms with Crippen molar-refractivity contribution in [3.05, 3.63) is 29.8 Å². The van der Waals surface area contributed by atoms with E-state index >= 15 is 0 Å². The molecule has 1 unspecified atom stereocenters. The Morgan fingerprint density at radius 2 is 2.12 bits per heavy atom. The van der Waals surface area contributed by atoms with Crippen LogP contribution >= 0.6 is 0 Å². The zero-order valence-corrected chi connectivity index (χ0v) is 13.2. The van der Waals surface area contributed by atoms with E-state index in [0.29, 0.717) is 18.4 Å². The van der Waals surface area contributed by atoms with Gasteiger partial charge in [-0.25, -0.2) is 0 Å². The molecule has 0 radical (unpaired) electrons. The van der Waals surface area contributed by atoms with E-state index in [1.807, 2.05) is 0 Å². The van der Waals surface area contributed by atoms with Crippen molar-refractivity contribution in [2.75, 3.05) is 0 Å². The molecule has 2 aliphatic rings. The fraction of sp³-hybridized carbons (Fsp3) is 0.529. The van der Waals surface area contributed by atoms with Crippen LogP contribution < -0.4 is 15.4 Å². The summed E-state index contributed by atoms with van der Waals surface area (Å²) in [4.78, 5) is 24.0. The quantitative estimate of drug-likeness (QED) is 0.864. The Morgan fingerprint density at radius 3 is 2.79 bits per heavy atom. The van der Waals surface area contributed by atoms with Gasteiger partial charge in [0.15, 0.2) is 0 Å². The molecule has 1 aromatic rings. The van der Waals surface area contributed by atoms with E-state index < -0.39 is 6.61 Å². The standard InChI is InChI=1S/C17H20F2N2O3/c18-16(19)24-12-5-2-1-4-11(12)10-15(23)20-13-6-7-14(22)21-17(13)8-3-9-17/h1-2,4-5,13,16H,3,6-10H2,(H,20,23)(H,21,22). The SMILES string of the molecule is O=C(Cc1ccccc1OC(F)F)NC1CCC(=O)NC12CCC2. The van der Waals surface area contributed by atoms with Crippen molar-refractivity contribution in [2.24, 2.45) is 0 Å². The van der Waals surface area contributed by atoms with Crippen LogP contribution in [0, 0.1) is 0 Å². The number of amides is 2. The third-order valence-corrected chi connectivity index (χ3v) is 4.84. The first kappa shape index (κ1) is 16.7. The van der Waals surface area contributed by atoms with Gasteiger partial charge in [0.2, 0.25) is 11.8 Å². The summed E-state index contributed by atoms with van der Waals surface area (Å²) < 4.78 is 29.3. The molecule has 1 saturated carbocycles. The zero-order valence-electron chi connectivity index (χ0n) is 13.2. The minimum atomic E-state index is -2.93. The molecule has 1 atom stereocenters. The van der Waals surface area contributed by atoms with Crippen LogP contribution in [0.4, 0.5) is 8.78 Å². The maximum atomic E-state index is 12.4. The Kier molecular flexibility index (Phi) is 4.69.